The van der Waals surface area contributed by atoms with Crippen LogP contribution >= 0.6 is 0 Å². The Morgan fingerprint density at radius 2 is 2.32 bits per heavy atom. The molecule has 2 N–H and O–H groups in total. The molecule has 0 fully saturated rings. The molecule has 0 aromatic heterocycles. The summed E-state index contributed by atoms with van der Waals surface area (Å²) in [6, 6.07) is 8.04. The van der Waals surface area contributed by atoms with Crippen molar-refractivity contribution in [3.8, 4) is 5.75 Å². The van der Waals surface area contributed by atoms with Gasteiger partial charge in [0.05, 0.1) is 0 Å². The molecule has 19 heavy (non-hydrogen) atoms. The topological polar surface area (TPSA) is 50.4 Å². The average Bonchev–Trinajstić information content (AvgIpc) is 2.43. The quantitative estimate of drug-likeness (QED) is 0.705. The van der Waals surface area contributed by atoms with Crippen LogP contribution in [-0.2, 0) is 4.79 Å². The van der Waals surface area contributed by atoms with E-state index in [1.54, 1.807) is 6.08 Å². The largest absolute Gasteiger partial charge is 0.484 e. The van der Waals surface area contributed by atoms with Crippen molar-refractivity contribution in [1.82, 2.24) is 10.6 Å². The van der Waals surface area contributed by atoms with Crippen molar-refractivity contribution >= 4 is 5.91 Å². The molecule has 1 amide bonds. The lowest BCUT2D eigenvalue weighted by Gasteiger charge is -2.14. The Bertz CT molecular complexity index is 418. The van der Waals surface area contributed by atoms with Gasteiger partial charge >= 0.3 is 0 Å². The monoisotopic (exact) mass is 262 g/mol. The van der Waals surface area contributed by atoms with Crippen molar-refractivity contribution < 1.29 is 9.53 Å². The van der Waals surface area contributed by atoms with Gasteiger partial charge in [-0.3, -0.25) is 4.79 Å². The maximum absolute atomic E-state index is 11.4. The molecule has 0 heterocycles. The summed E-state index contributed by atoms with van der Waals surface area (Å²) >= 11 is 0. The van der Waals surface area contributed by atoms with Crippen LogP contribution in [0.1, 0.15) is 25.5 Å². The summed E-state index contributed by atoms with van der Waals surface area (Å²) in [4.78, 5) is 11.4. The van der Waals surface area contributed by atoms with Crippen LogP contribution in [0.15, 0.2) is 36.9 Å². The Morgan fingerprint density at radius 3 is 3.00 bits per heavy atom. The molecule has 0 spiro atoms. The maximum Gasteiger partial charge on any atom is 0.258 e. The van der Waals surface area contributed by atoms with E-state index >= 15 is 0 Å². The van der Waals surface area contributed by atoms with Gasteiger partial charge in [0.2, 0.25) is 0 Å². The maximum atomic E-state index is 11.4. The van der Waals surface area contributed by atoms with E-state index in [2.05, 4.69) is 31.1 Å². The van der Waals surface area contributed by atoms with E-state index in [0.717, 1.165) is 12.1 Å². The van der Waals surface area contributed by atoms with Crippen molar-refractivity contribution in [2.75, 3.05) is 19.7 Å². The zero-order chi connectivity index (χ0) is 14.1. The Morgan fingerprint density at radius 1 is 1.53 bits per heavy atom. The first-order valence-electron chi connectivity index (χ1n) is 6.51. The van der Waals surface area contributed by atoms with Crippen LogP contribution in [0.3, 0.4) is 0 Å². The van der Waals surface area contributed by atoms with E-state index in [1.807, 2.05) is 24.3 Å². The Balaban J connectivity index is 2.52. The molecular weight excluding hydrogens is 240 g/mol. The molecule has 0 aliphatic heterocycles. The van der Waals surface area contributed by atoms with Crippen LogP contribution < -0.4 is 15.4 Å². The van der Waals surface area contributed by atoms with Crippen LogP contribution in [0.25, 0.3) is 0 Å². The molecule has 1 unspecified atom stereocenters. The van der Waals surface area contributed by atoms with Gasteiger partial charge in [0.15, 0.2) is 6.61 Å². The summed E-state index contributed by atoms with van der Waals surface area (Å²) in [6.45, 7) is 9.10. The summed E-state index contributed by atoms with van der Waals surface area (Å²) in [5, 5.41) is 6.00. The minimum Gasteiger partial charge on any atom is -0.484 e. The van der Waals surface area contributed by atoms with Crippen LogP contribution in [0.5, 0.6) is 5.75 Å². The minimum atomic E-state index is -0.148. The van der Waals surface area contributed by atoms with E-state index in [1.165, 1.54) is 0 Å². The van der Waals surface area contributed by atoms with Gasteiger partial charge in [0, 0.05) is 12.6 Å². The molecule has 0 aliphatic carbocycles. The first kappa shape index (κ1) is 15.2. The first-order chi connectivity index (χ1) is 9.17. The Kier molecular flexibility index (Phi) is 6.68. The highest BCUT2D eigenvalue weighted by Gasteiger charge is 2.06. The van der Waals surface area contributed by atoms with Crippen molar-refractivity contribution in [3.63, 3.8) is 0 Å². The molecule has 104 valence electrons. The fourth-order valence-electron chi connectivity index (χ4n) is 1.68. The number of ether oxygens (including phenoxy) is 1. The molecule has 0 bridgehead atoms. The fraction of sp³-hybridized carbons (Fsp3) is 0.400. The Labute approximate surface area is 114 Å². The van der Waals surface area contributed by atoms with Crippen LogP contribution in [0, 0.1) is 0 Å². The van der Waals surface area contributed by atoms with Gasteiger partial charge in [0.25, 0.3) is 5.91 Å². The summed E-state index contributed by atoms with van der Waals surface area (Å²) < 4.78 is 5.46. The van der Waals surface area contributed by atoms with E-state index in [4.69, 9.17) is 4.74 Å². The zero-order valence-corrected chi connectivity index (χ0v) is 11.6. The second kappa shape index (κ2) is 8.32. The van der Waals surface area contributed by atoms with E-state index in [-0.39, 0.29) is 18.6 Å². The smallest absolute Gasteiger partial charge is 0.258 e. The van der Waals surface area contributed by atoms with Gasteiger partial charge in [-0.25, -0.2) is 0 Å². The SMILES string of the molecule is C=CCNC(=O)COc1cccc(C(C)NCC)c1. The molecule has 1 atom stereocenters. The summed E-state index contributed by atoms with van der Waals surface area (Å²) in [6.07, 6.45) is 1.64. The second-order valence-corrected chi connectivity index (χ2v) is 4.23. The molecule has 0 saturated heterocycles. The van der Waals surface area contributed by atoms with Crippen LogP contribution in [0.4, 0.5) is 0 Å². The van der Waals surface area contributed by atoms with E-state index < -0.39 is 0 Å². The molecular formula is C15H22N2O2. The molecule has 1 aromatic carbocycles. The summed E-state index contributed by atoms with van der Waals surface area (Å²) in [5.74, 6) is 0.557. The van der Waals surface area contributed by atoms with Gasteiger partial charge in [-0.05, 0) is 31.2 Å². The third-order valence-corrected chi connectivity index (χ3v) is 2.68. The standard InChI is InChI=1S/C15H22N2O2/c1-4-9-17-15(18)11-19-14-8-6-7-13(10-14)12(3)16-5-2/h4,6-8,10,12,16H,1,5,9,11H2,2-3H3,(H,17,18). The minimum absolute atomic E-state index is 0.0207. The van der Waals surface area contributed by atoms with Crippen LogP contribution in [0.2, 0.25) is 0 Å². The third kappa shape index (κ3) is 5.57. The van der Waals surface area contributed by atoms with E-state index in [9.17, 15) is 4.79 Å². The number of carbonyl (C=O) groups is 1. The lowest BCUT2D eigenvalue weighted by molar-refractivity contribution is -0.122. The number of rotatable bonds is 8. The zero-order valence-electron chi connectivity index (χ0n) is 11.6. The number of benzene rings is 1. The van der Waals surface area contributed by atoms with Gasteiger partial charge in [-0.1, -0.05) is 25.1 Å². The number of hydrogen-bond donors (Lipinski definition) is 2. The molecule has 0 saturated carbocycles. The molecule has 4 heteroatoms. The molecule has 0 aliphatic rings. The predicted octanol–water partition coefficient (Wildman–Crippen LogP) is 2.04. The van der Waals surface area contributed by atoms with Crippen molar-refractivity contribution in [2.45, 2.75) is 19.9 Å². The lowest BCUT2D eigenvalue weighted by Crippen LogP contribution is -2.28. The normalized spacial score (nSPS) is 11.7. The first-order valence-corrected chi connectivity index (χ1v) is 6.51. The number of carbonyl (C=O) groups excluding carboxylic acids is 1. The molecule has 1 aromatic rings. The number of hydrogen-bond acceptors (Lipinski definition) is 3. The van der Waals surface area contributed by atoms with E-state index in [0.29, 0.717) is 12.3 Å². The average molecular weight is 262 g/mol. The second-order valence-electron chi connectivity index (χ2n) is 4.23. The third-order valence-electron chi connectivity index (χ3n) is 2.68. The molecule has 0 radical (unpaired) electrons. The molecule has 1 rings (SSSR count). The molecule has 4 nitrogen and oxygen atoms in total. The van der Waals surface area contributed by atoms with Gasteiger partial charge in [0.1, 0.15) is 5.75 Å². The van der Waals surface area contributed by atoms with Crippen molar-refractivity contribution in [3.05, 3.63) is 42.5 Å². The van der Waals surface area contributed by atoms with Gasteiger partial charge < -0.3 is 15.4 Å². The van der Waals surface area contributed by atoms with Crippen LogP contribution in [-0.4, -0.2) is 25.6 Å². The Hall–Kier alpha value is -1.81. The van der Waals surface area contributed by atoms with Gasteiger partial charge in [-0.2, -0.15) is 0 Å². The fourth-order valence-corrected chi connectivity index (χ4v) is 1.68. The van der Waals surface area contributed by atoms with Crippen molar-refractivity contribution in [1.29, 1.82) is 0 Å². The number of amides is 1. The number of nitrogens with one attached hydrogen (secondary N) is 2. The highest BCUT2D eigenvalue weighted by atomic mass is 16.5. The van der Waals surface area contributed by atoms with Crippen molar-refractivity contribution in [2.24, 2.45) is 0 Å². The summed E-state index contributed by atoms with van der Waals surface area (Å²) in [5.41, 5.74) is 1.14. The summed E-state index contributed by atoms with van der Waals surface area (Å²) in [7, 11) is 0. The highest BCUT2D eigenvalue weighted by molar-refractivity contribution is 5.77. The predicted molar refractivity (Wildman–Crippen MR) is 77.2 cm³/mol. The van der Waals surface area contributed by atoms with Gasteiger partial charge in [-0.15, -0.1) is 6.58 Å². The highest BCUT2D eigenvalue weighted by Crippen LogP contribution is 2.18. The lowest BCUT2D eigenvalue weighted by atomic mass is 10.1.